The molecule has 3 heteroatoms. The molecule has 102 valence electrons. The summed E-state index contributed by atoms with van der Waals surface area (Å²) in [6.45, 7) is 7.44. The fourth-order valence-electron chi connectivity index (χ4n) is 2.27. The third kappa shape index (κ3) is 3.21. The van der Waals surface area contributed by atoms with E-state index >= 15 is 0 Å². The zero-order valence-electron chi connectivity index (χ0n) is 11.6. The molecule has 0 aliphatic carbocycles. The molecular formula is C16H20O2S. The maximum absolute atomic E-state index is 11.9. The SMILES string of the molecule is C=C(C)C(=O)OC1(c2ccc(C)cc2)CCSCC1. The fourth-order valence-corrected chi connectivity index (χ4v) is 3.42. The van der Waals surface area contributed by atoms with Crippen LogP contribution < -0.4 is 0 Å². The first-order chi connectivity index (χ1) is 9.03. The van der Waals surface area contributed by atoms with Crippen molar-refractivity contribution in [2.75, 3.05) is 11.5 Å². The van der Waals surface area contributed by atoms with E-state index in [2.05, 4.69) is 37.8 Å². The van der Waals surface area contributed by atoms with Gasteiger partial charge in [-0.3, -0.25) is 0 Å². The highest BCUT2D eigenvalue weighted by Crippen LogP contribution is 2.40. The van der Waals surface area contributed by atoms with E-state index in [0.29, 0.717) is 5.57 Å². The lowest BCUT2D eigenvalue weighted by Crippen LogP contribution is -2.36. The highest BCUT2D eigenvalue weighted by atomic mass is 32.2. The van der Waals surface area contributed by atoms with Gasteiger partial charge in [0, 0.05) is 18.4 Å². The van der Waals surface area contributed by atoms with Crippen LogP contribution in [-0.2, 0) is 15.1 Å². The van der Waals surface area contributed by atoms with E-state index in [1.54, 1.807) is 6.92 Å². The Morgan fingerprint density at radius 2 is 1.84 bits per heavy atom. The van der Waals surface area contributed by atoms with Crippen LogP contribution in [-0.4, -0.2) is 17.5 Å². The van der Waals surface area contributed by atoms with Crippen LogP contribution in [0.25, 0.3) is 0 Å². The van der Waals surface area contributed by atoms with Crippen molar-refractivity contribution in [3.8, 4) is 0 Å². The van der Waals surface area contributed by atoms with Gasteiger partial charge in [-0.2, -0.15) is 11.8 Å². The zero-order chi connectivity index (χ0) is 13.9. The lowest BCUT2D eigenvalue weighted by molar-refractivity contribution is -0.157. The van der Waals surface area contributed by atoms with Gasteiger partial charge >= 0.3 is 5.97 Å². The molecule has 0 unspecified atom stereocenters. The van der Waals surface area contributed by atoms with Crippen LogP contribution in [0.1, 0.15) is 30.9 Å². The largest absolute Gasteiger partial charge is 0.451 e. The quantitative estimate of drug-likeness (QED) is 0.620. The van der Waals surface area contributed by atoms with Gasteiger partial charge in [0.1, 0.15) is 5.60 Å². The van der Waals surface area contributed by atoms with Gasteiger partial charge in [-0.05, 0) is 30.9 Å². The first-order valence-electron chi connectivity index (χ1n) is 6.57. The minimum Gasteiger partial charge on any atom is -0.451 e. The number of carbonyl (C=O) groups excluding carboxylic acids is 1. The van der Waals surface area contributed by atoms with Crippen LogP contribution in [0.5, 0.6) is 0 Å². The molecule has 1 heterocycles. The lowest BCUT2D eigenvalue weighted by atomic mass is 9.87. The average Bonchev–Trinajstić information content (AvgIpc) is 2.40. The third-order valence-electron chi connectivity index (χ3n) is 3.51. The predicted molar refractivity (Wildman–Crippen MR) is 80.3 cm³/mol. The summed E-state index contributed by atoms with van der Waals surface area (Å²) in [5.41, 5.74) is 2.32. The Labute approximate surface area is 119 Å². The molecule has 2 nitrogen and oxygen atoms in total. The second-order valence-electron chi connectivity index (χ2n) is 5.14. The second-order valence-corrected chi connectivity index (χ2v) is 6.37. The summed E-state index contributed by atoms with van der Waals surface area (Å²) < 4.78 is 5.81. The molecule has 0 amide bonds. The number of hydrogen-bond acceptors (Lipinski definition) is 3. The van der Waals surface area contributed by atoms with Crippen molar-refractivity contribution in [3.05, 3.63) is 47.5 Å². The number of rotatable bonds is 3. The summed E-state index contributed by atoms with van der Waals surface area (Å²) in [5.74, 6) is 1.77. The van der Waals surface area contributed by atoms with Crippen molar-refractivity contribution < 1.29 is 9.53 Å². The molecule has 19 heavy (non-hydrogen) atoms. The average molecular weight is 276 g/mol. The maximum Gasteiger partial charge on any atom is 0.333 e. The summed E-state index contributed by atoms with van der Waals surface area (Å²) in [6, 6.07) is 8.31. The molecule has 1 aliphatic rings. The van der Waals surface area contributed by atoms with Crippen LogP contribution >= 0.6 is 11.8 Å². The minimum atomic E-state index is -0.463. The molecule has 0 spiro atoms. The molecule has 0 saturated carbocycles. The molecule has 0 bridgehead atoms. The number of esters is 1. The molecule has 1 aromatic rings. The molecule has 0 N–H and O–H groups in total. The normalized spacial score (nSPS) is 17.8. The van der Waals surface area contributed by atoms with E-state index in [4.69, 9.17) is 4.74 Å². The molecule has 2 rings (SSSR count). The summed E-state index contributed by atoms with van der Waals surface area (Å²) in [6.07, 6.45) is 1.75. The third-order valence-corrected chi connectivity index (χ3v) is 4.50. The van der Waals surface area contributed by atoms with Gasteiger partial charge in [-0.25, -0.2) is 4.79 Å². The Balaban J connectivity index is 2.31. The number of benzene rings is 1. The molecule has 0 radical (unpaired) electrons. The zero-order valence-corrected chi connectivity index (χ0v) is 12.4. The monoisotopic (exact) mass is 276 g/mol. The number of aryl methyl sites for hydroxylation is 1. The Morgan fingerprint density at radius 1 is 1.26 bits per heavy atom. The molecule has 0 aromatic heterocycles. The topological polar surface area (TPSA) is 26.3 Å². The predicted octanol–water partition coefficient (Wildman–Crippen LogP) is 3.84. The van der Waals surface area contributed by atoms with E-state index in [0.717, 1.165) is 29.9 Å². The smallest absolute Gasteiger partial charge is 0.333 e. The molecule has 1 aromatic carbocycles. The molecule has 1 fully saturated rings. The van der Waals surface area contributed by atoms with E-state index in [1.165, 1.54) is 5.56 Å². The highest BCUT2D eigenvalue weighted by Gasteiger charge is 2.38. The summed E-state index contributed by atoms with van der Waals surface area (Å²) in [5, 5.41) is 0. The Kier molecular flexibility index (Phi) is 4.35. The Morgan fingerprint density at radius 3 is 2.37 bits per heavy atom. The summed E-state index contributed by atoms with van der Waals surface area (Å²) in [4.78, 5) is 11.9. The van der Waals surface area contributed by atoms with Gasteiger partial charge in [-0.1, -0.05) is 36.4 Å². The van der Waals surface area contributed by atoms with E-state index in [9.17, 15) is 4.79 Å². The van der Waals surface area contributed by atoms with Crippen molar-refractivity contribution in [3.63, 3.8) is 0 Å². The van der Waals surface area contributed by atoms with Gasteiger partial charge in [0.05, 0.1) is 0 Å². The van der Waals surface area contributed by atoms with Crippen molar-refractivity contribution in [2.45, 2.75) is 32.3 Å². The highest BCUT2D eigenvalue weighted by molar-refractivity contribution is 7.99. The minimum absolute atomic E-state index is 0.285. The van der Waals surface area contributed by atoms with Crippen molar-refractivity contribution in [1.29, 1.82) is 0 Å². The Hall–Kier alpha value is -1.22. The number of ether oxygens (including phenoxy) is 1. The van der Waals surface area contributed by atoms with Crippen LogP contribution in [0.4, 0.5) is 0 Å². The van der Waals surface area contributed by atoms with Gasteiger partial charge in [-0.15, -0.1) is 0 Å². The summed E-state index contributed by atoms with van der Waals surface area (Å²) >= 11 is 1.92. The summed E-state index contributed by atoms with van der Waals surface area (Å²) in [7, 11) is 0. The maximum atomic E-state index is 11.9. The van der Waals surface area contributed by atoms with E-state index in [1.807, 2.05) is 11.8 Å². The molecular weight excluding hydrogens is 256 g/mol. The number of carbonyl (C=O) groups is 1. The van der Waals surface area contributed by atoms with Crippen molar-refractivity contribution >= 4 is 17.7 Å². The molecule has 0 atom stereocenters. The first kappa shape index (κ1) is 14.2. The Bertz CT molecular complexity index is 470. The van der Waals surface area contributed by atoms with Gasteiger partial charge in [0.2, 0.25) is 0 Å². The van der Waals surface area contributed by atoms with Gasteiger partial charge in [0.25, 0.3) is 0 Å². The van der Waals surface area contributed by atoms with Gasteiger partial charge in [0.15, 0.2) is 0 Å². The van der Waals surface area contributed by atoms with Gasteiger partial charge < -0.3 is 4.74 Å². The second kappa shape index (κ2) is 5.83. The standard InChI is InChI=1S/C16H20O2S/c1-12(2)15(17)18-16(8-10-19-11-9-16)14-6-4-13(3)5-7-14/h4-7H,1,8-11H2,2-3H3. The van der Waals surface area contributed by atoms with Crippen LogP contribution in [0, 0.1) is 6.92 Å². The number of thioether (sulfide) groups is 1. The van der Waals surface area contributed by atoms with Crippen molar-refractivity contribution in [2.24, 2.45) is 0 Å². The van der Waals surface area contributed by atoms with E-state index < -0.39 is 5.60 Å². The van der Waals surface area contributed by atoms with Crippen molar-refractivity contribution in [1.82, 2.24) is 0 Å². The fraction of sp³-hybridized carbons (Fsp3) is 0.438. The van der Waals surface area contributed by atoms with Crippen LogP contribution in [0.3, 0.4) is 0 Å². The first-order valence-corrected chi connectivity index (χ1v) is 7.73. The molecule has 1 saturated heterocycles. The molecule has 1 aliphatic heterocycles. The van der Waals surface area contributed by atoms with Crippen LogP contribution in [0.15, 0.2) is 36.4 Å². The van der Waals surface area contributed by atoms with E-state index in [-0.39, 0.29) is 5.97 Å². The number of hydrogen-bond donors (Lipinski definition) is 0. The van der Waals surface area contributed by atoms with Crippen LogP contribution in [0.2, 0.25) is 0 Å². The lowest BCUT2D eigenvalue weighted by Gasteiger charge is -2.37.